The number of alkyl halides is 2. The van der Waals surface area contributed by atoms with Crippen LogP contribution in [0.5, 0.6) is 0 Å². The fourth-order valence-corrected chi connectivity index (χ4v) is 2.47. The molecule has 0 bridgehead atoms. The average molecular weight is 346 g/mol. The highest BCUT2D eigenvalue weighted by Crippen LogP contribution is 2.07. The molecule has 0 aliphatic rings. The third-order valence-corrected chi connectivity index (χ3v) is 3.46. The van der Waals surface area contributed by atoms with Gasteiger partial charge in [-0.3, -0.25) is 9.59 Å². The van der Waals surface area contributed by atoms with Gasteiger partial charge < -0.3 is 16.0 Å². The summed E-state index contributed by atoms with van der Waals surface area (Å²) in [6.45, 7) is 0.609. The monoisotopic (exact) mass is 345 g/mol. The second kappa shape index (κ2) is 10.4. The zero-order valence-electron chi connectivity index (χ0n) is 12.3. The lowest BCUT2D eigenvalue weighted by atomic mass is 10.0. The molecule has 1 aromatic carbocycles. The number of carbonyl (C=O) groups is 2. The molecule has 3 N–H and O–H groups in total. The summed E-state index contributed by atoms with van der Waals surface area (Å²) in [5, 5.41) is 2.67. The third-order valence-electron chi connectivity index (χ3n) is 3.12. The topological polar surface area (TPSA) is 75.4 Å². The molecule has 0 aromatic heterocycles. The first-order chi connectivity index (χ1) is 10.6. The maximum absolute atomic E-state index is 12.6. The lowest BCUT2D eigenvalue weighted by Gasteiger charge is -2.27. The zero-order chi connectivity index (χ0) is 16.4. The van der Waals surface area contributed by atoms with Crippen molar-refractivity contribution in [3.8, 4) is 0 Å². The maximum Gasteiger partial charge on any atom is 0.245 e. The summed E-state index contributed by atoms with van der Waals surface area (Å²) in [4.78, 5) is 25.8. The van der Waals surface area contributed by atoms with Crippen LogP contribution in [-0.2, 0) is 16.0 Å². The standard InChI is InChI=1S/C15H21Cl2N3O2/c16-6-8-20(9-7-17)15(22)13(19-14(21)11-18)10-12-4-2-1-3-5-12/h1-5,13H,6-11,18H2,(H,19,21)/t13-/m1/s1. The normalized spacial score (nSPS) is 11.8. The van der Waals surface area contributed by atoms with Crippen LogP contribution in [0.3, 0.4) is 0 Å². The molecular formula is C15H21Cl2N3O2. The van der Waals surface area contributed by atoms with Crippen molar-refractivity contribution in [1.82, 2.24) is 10.2 Å². The van der Waals surface area contributed by atoms with Gasteiger partial charge in [-0.2, -0.15) is 0 Å². The minimum absolute atomic E-state index is 0.163. The van der Waals surface area contributed by atoms with E-state index in [4.69, 9.17) is 28.9 Å². The molecule has 7 heteroatoms. The number of hydrogen-bond donors (Lipinski definition) is 2. The van der Waals surface area contributed by atoms with Crippen molar-refractivity contribution in [3.63, 3.8) is 0 Å². The fraction of sp³-hybridized carbons (Fsp3) is 0.467. The van der Waals surface area contributed by atoms with Crippen LogP contribution in [0, 0.1) is 0 Å². The van der Waals surface area contributed by atoms with Crippen LogP contribution in [0.15, 0.2) is 30.3 Å². The number of amides is 2. The molecule has 1 rings (SSSR count). The summed E-state index contributed by atoms with van der Waals surface area (Å²) in [5.74, 6) is 0.0507. The van der Waals surface area contributed by atoms with Crippen molar-refractivity contribution in [2.45, 2.75) is 12.5 Å². The van der Waals surface area contributed by atoms with Crippen molar-refractivity contribution in [1.29, 1.82) is 0 Å². The summed E-state index contributed by atoms with van der Waals surface area (Å²) < 4.78 is 0. The van der Waals surface area contributed by atoms with Crippen LogP contribution in [0.25, 0.3) is 0 Å². The summed E-state index contributed by atoms with van der Waals surface area (Å²) in [5.41, 5.74) is 6.28. The largest absolute Gasteiger partial charge is 0.343 e. The smallest absolute Gasteiger partial charge is 0.245 e. The van der Waals surface area contributed by atoms with Gasteiger partial charge in [0.15, 0.2) is 0 Å². The Morgan fingerprint density at radius 3 is 2.23 bits per heavy atom. The van der Waals surface area contributed by atoms with Crippen LogP contribution in [0.4, 0.5) is 0 Å². The molecule has 1 atom stereocenters. The van der Waals surface area contributed by atoms with E-state index in [1.807, 2.05) is 30.3 Å². The number of nitrogens with two attached hydrogens (primary N) is 1. The lowest BCUT2D eigenvalue weighted by molar-refractivity contribution is -0.135. The second-order valence-corrected chi connectivity index (χ2v) is 5.47. The molecule has 0 saturated heterocycles. The van der Waals surface area contributed by atoms with E-state index in [9.17, 15) is 9.59 Å². The lowest BCUT2D eigenvalue weighted by Crippen LogP contribution is -2.51. The van der Waals surface area contributed by atoms with E-state index in [1.165, 1.54) is 0 Å². The van der Waals surface area contributed by atoms with Gasteiger partial charge in [-0.1, -0.05) is 30.3 Å². The van der Waals surface area contributed by atoms with Gasteiger partial charge in [-0.25, -0.2) is 0 Å². The number of carbonyl (C=O) groups excluding carboxylic acids is 2. The van der Waals surface area contributed by atoms with Gasteiger partial charge in [-0.15, -0.1) is 23.2 Å². The van der Waals surface area contributed by atoms with Gasteiger partial charge in [0.05, 0.1) is 6.54 Å². The van der Waals surface area contributed by atoms with Gasteiger partial charge in [-0.05, 0) is 5.56 Å². The Balaban J connectivity index is 2.87. The quantitative estimate of drug-likeness (QED) is 0.655. The minimum atomic E-state index is -0.676. The van der Waals surface area contributed by atoms with E-state index in [1.54, 1.807) is 4.90 Å². The number of nitrogens with one attached hydrogen (secondary N) is 1. The van der Waals surface area contributed by atoms with Crippen molar-refractivity contribution in [2.75, 3.05) is 31.4 Å². The van der Waals surface area contributed by atoms with Gasteiger partial charge in [0.2, 0.25) is 11.8 Å². The SMILES string of the molecule is NCC(=O)N[C@H](Cc1ccccc1)C(=O)N(CCCl)CCCl. The molecule has 0 unspecified atom stereocenters. The third kappa shape index (κ3) is 6.22. The van der Waals surface area contributed by atoms with E-state index in [2.05, 4.69) is 5.32 Å². The first-order valence-electron chi connectivity index (χ1n) is 7.06. The molecule has 1 aromatic rings. The molecule has 2 amide bonds. The number of rotatable bonds is 9. The first kappa shape index (κ1) is 18.7. The molecule has 0 radical (unpaired) electrons. The van der Waals surface area contributed by atoms with Crippen molar-refractivity contribution >= 4 is 35.0 Å². The van der Waals surface area contributed by atoms with Crippen LogP contribution in [0.1, 0.15) is 5.56 Å². The predicted molar refractivity (Wildman–Crippen MR) is 89.2 cm³/mol. The number of hydrogen-bond acceptors (Lipinski definition) is 3. The molecule has 0 saturated carbocycles. The molecule has 0 fully saturated rings. The van der Waals surface area contributed by atoms with Crippen LogP contribution >= 0.6 is 23.2 Å². The summed E-state index contributed by atoms with van der Waals surface area (Å²) >= 11 is 11.5. The highest BCUT2D eigenvalue weighted by atomic mass is 35.5. The molecule has 0 spiro atoms. The molecular weight excluding hydrogens is 325 g/mol. The van der Waals surface area contributed by atoms with Gasteiger partial charge in [0, 0.05) is 31.3 Å². The second-order valence-electron chi connectivity index (χ2n) is 4.72. The Morgan fingerprint density at radius 2 is 1.73 bits per heavy atom. The first-order valence-corrected chi connectivity index (χ1v) is 8.13. The van der Waals surface area contributed by atoms with Crippen molar-refractivity contribution in [3.05, 3.63) is 35.9 Å². The van der Waals surface area contributed by atoms with Crippen LogP contribution < -0.4 is 11.1 Å². The van der Waals surface area contributed by atoms with Gasteiger partial charge >= 0.3 is 0 Å². The van der Waals surface area contributed by atoms with Crippen LogP contribution in [-0.4, -0.2) is 54.2 Å². The van der Waals surface area contributed by atoms with Crippen molar-refractivity contribution < 1.29 is 9.59 Å². The average Bonchev–Trinajstić information content (AvgIpc) is 2.54. The highest BCUT2D eigenvalue weighted by molar-refractivity contribution is 6.18. The fourth-order valence-electron chi connectivity index (χ4n) is 2.06. The van der Waals surface area contributed by atoms with Gasteiger partial charge in [0.1, 0.15) is 6.04 Å². The Bertz CT molecular complexity index is 465. The number of benzene rings is 1. The highest BCUT2D eigenvalue weighted by Gasteiger charge is 2.25. The van der Waals surface area contributed by atoms with Gasteiger partial charge in [0.25, 0.3) is 0 Å². The zero-order valence-corrected chi connectivity index (χ0v) is 13.8. The molecule has 0 aliphatic heterocycles. The Kier molecular flexibility index (Phi) is 8.89. The summed E-state index contributed by atoms with van der Waals surface area (Å²) in [6.07, 6.45) is 0.395. The predicted octanol–water partition coefficient (Wildman–Crippen LogP) is 0.979. The van der Waals surface area contributed by atoms with E-state index in [0.29, 0.717) is 31.3 Å². The van der Waals surface area contributed by atoms with E-state index in [0.717, 1.165) is 5.56 Å². The number of halogens is 2. The summed E-state index contributed by atoms with van der Waals surface area (Å²) in [6, 6.07) is 8.80. The Labute approximate surface area is 140 Å². The molecule has 122 valence electrons. The van der Waals surface area contributed by atoms with E-state index in [-0.39, 0.29) is 18.4 Å². The minimum Gasteiger partial charge on any atom is -0.343 e. The molecule has 5 nitrogen and oxygen atoms in total. The Hall–Kier alpha value is -1.30. The van der Waals surface area contributed by atoms with Crippen molar-refractivity contribution in [2.24, 2.45) is 5.73 Å². The van der Waals surface area contributed by atoms with E-state index < -0.39 is 6.04 Å². The Morgan fingerprint density at radius 1 is 1.14 bits per heavy atom. The molecule has 22 heavy (non-hydrogen) atoms. The molecule has 0 aliphatic carbocycles. The van der Waals surface area contributed by atoms with E-state index >= 15 is 0 Å². The summed E-state index contributed by atoms with van der Waals surface area (Å²) in [7, 11) is 0. The maximum atomic E-state index is 12.6. The number of nitrogens with zero attached hydrogens (tertiary/aromatic N) is 1. The van der Waals surface area contributed by atoms with Crippen LogP contribution in [0.2, 0.25) is 0 Å². The molecule has 0 heterocycles.